The first-order chi connectivity index (χ1) is 16.7. The number of alkyl halides is 1. The number of anilines is 1. The van der Waals surface area contributed by atoms with Crippen molar-refractivity contribution in [3.05, 3.63) is 64.0 Å². The molecule has 1 aliphatic heterocycles. The van der Waals surface area contributed by atoms with Gasteiger partial charge in [-0.2, -0.15) is 8.42 Å². The number of rotatable bonds is 12. The molecule has 1 amide bonds. The van der Waals surface area contributed by atoms with Crippen LogP contribution in [-0.4, -0.2) is 53.4 Å². The number of amides is 1. The Balaban J connectivity index is 1.67. The highest BCUT2D eigenvalue weighted by atomic mass is 127. The van der Waals surface area contributed by atoms with E-state index >= 15 is 0 Å². The highest BCUT2D eigenvalue weighted by Crippen LogP contribution is 2.32. The first-order valence-electron chi connectivity index (χ1n) is 10.4. The summed E-state index contributed by atoms with van der Waals surface area (Å²) in [6.07, 6.45) is -0.496. The van der Waals surface area contributed by atoms with E-state index in [1.165, 1.54) is 17.0 Å². The molecule has 35 heavy (non-hydrogen) atoms. The quantitative estimate of drug-likeness (QED) is 0.0813. The normalized spacial score (nSPS) is 16.8. The molecule has 0 saturated carbocycles. The molecule has 2 aromatic carbocycles. The number of nitrogens with zero attached hydrogens (tertiary/aromatic N) is 2. The number of hydrogen-bond acceptors (Lipinski definition) is 9. The fourth-order valence-corrected chi connectivity index (χ4v) is 5.71. The maximum atomic E-state index is 14.9. The maximum Gasteiger partial charge on any atom is 0.414 e. The molecular formula is C21H21FIN2O8S2-. The minimum absolute atomic E-state index is 0.0773. The van der Waals surface area contributed by atoms with Gasteiger partial charge >= 0.3 is 6.09 Å². The molecule has 1 aliphatic rings. The van der Waals surface area contributed by atoms with Crippen LogP contribution in [0.3, 0.4) is 0 Å². The Hall–Kier alpha value is -2.01. The molecule has 0 spiro atoms. The Kier molecular flexibility index (Phi) is 9.69. The molecule has 0 aliphatic carbocycles. The van der Waals surface area contributed by atoms with Crippen LogP contribution in [0, 0.1) is 15.9 Å². The Bertz CT molecular complexity index is 1180. The number of benzene rings is 2. The van der Waals surface area contributed by atoms with E-state index in [1.54, 1.807) is 12.1 Å². The third-order valence-electron chi connectivity index (χ3n) is 5.34. The minimum Gasteiger partial charge on any atom is -0.799 e. The molecule has 0 bridgehead atoms. The summed E-state index contributed by atoms with van der Waals surface area (Å²) in [6, 6.07) is 8.76. The van der Waals surface area contributed by atoms with Gasteiger partial charge in [0.05, 0.1) is 17.2 Å². The molecule has 2 atom stereocenters. The van der Waals surface area contributed by atoms with Crippen molar-refractivity contribution >= 4 is 62.2 Å². The molecular weight excluding hydrogens is 618 g/mol. The summed E-state index contributed by atoms with van der Waals surface area (Å²) in [4.78, 5) is 23.3. The van der Waals surface area contributed by atoms with Crippen LogP contribution >= 0.6 is 34.6 Å². The van der Waals surface area contributed by atoms with Crippen LogP contribution < -0.4 is 4.90 Å². The van der Waals surface area contributed by atoms with Crippen molar-refractivity contribution < 1.29 is 36.0 Å². The lowest BCUT2D eigenvalue weighted by Gasteiger charge is -2.20. The van der Waals surface area contributed by atoms with E-state index in [0.717, 1.165) is 22.6 Å². The van der Waals surface area contributed by atoms with Crippen LogP contribution in [0.15, 0.2) is 47.4 Å². The van der Waals surface area contributed by atoms with Crippen LogP contribution in [0.4, 0.5) is 20.6 Å². The van der Waals surface area contributed by atoms with Crippen LogP contribution in [0.5, 0.6) is 0 Å². The van der Waals surface area contributed by atoms with Gasteiger partial charge in [0.1, 0.15) is 23.4 Å². The summed E-state index contributed by atoms with van der Waals surface area (Å²) in [5.41, 5.74) is 0.299. The zero-order valence-corrected chi connectivity index (χ0v) is 22.0. The Morgan fingerprint density at radius 3 is 2.71 bits per heavy atom. The molecule has 0 aromatic heterocycles. The predicted molar refractivity (Wildman–Crippen MR) is 134 cm³/mol. The van der Waals surface area contributed by atoms with Crippen molar-refractivity contribution in [2.75, 3.05) is 28.2 Å². The van der Waals surface area contributed by atoms with Gasteiger partial charge in [-0.15, -0.1) is 0 Å². The zero-order valence-electron chi connectivity index (χ0n) is 18.2. The molecule has 190 valence electrons. The smallest absolute Gasteiger partial charge is 0.414 e. The average Bonchev–Trinajstić information content (AvgIpc) is 3.21. The summed E-state index contributed by atoms with van der Waals surface area (Å²) in [7, 11) is -4.34. The number of carbonyl (C=O) groups excluding carboxylic acids is 1. The number of nitro benzene ring substituents is 1. The first-order valence-corrected chi connectivity index (χ1v) is 14.2. The number of hydrogen-bond donors (Lipinski definition) is 0. The Morgan fingerprint density at radius 1 is 1.29 bits per heavy atom. The van der Waals surface area contributed by atoms with Crippen LogP contribution in [0.25, 0.3) is 0 Å². The Labute approximate surface area is 219 Å². The molecule has 0 radical (unpaired) electrons. The highest BCUT2D eigenvalue weighted by molar-refractivity contribution is 14.1. The predicted octanol–water partition coefficient (Wildman–Crippen LogP) is 4.63. The monoisotopic (exact) mass is 639 g/mol. The fraction of sp³-hybridized carbons (Fsp3) is 0.381. The minimum atomic E-state index is -4.34. The molecule has 1 fully saturated rings. The standard InChI is InChI=1S/C21H22FIN2O8S2/c22-20-11-15(4-5-19(20)14(6-8-23)7-9-34-29)24-12-17(33-21(24)26)13-32-35(30,31)18-3-1-2-16(10-18)25(27)28/h1-5,10-11,14,17,29H,6-9,12-13H2/p-1. The molecule has 0 N–H and O–H groups in total. The molecule has 2 unspecified atom stereocenters. The van der Waals surface area contributed by atoms with Gasteiger partial charge in [-0.05, 0) is 48.3 Å². The first kappa shape index (κ1) is 27.6. The summed E-state index contributed by atoms with van der Waals surface area (Å²) in [5.74, 6) is -0.260. The van der Waals surface area contributed by atoms with Gasteiger partial charge in [-0.3, -0.25) is 31.2 Å². The summed E-state index contributed by atoms with van der Waals surface area (Å²) in [5, 5.41) is 10.9. The molecule has 10 nitrogen and oxygen atoms in total. The lowest BCUT2D eigenvalue weighted by molar-refractivity contribution is -0.385. The average molecular weight is 639 g/mol. The number of carbonyl (C=O) groups is 1. The van der Waals surface area contributed by atoms with Gasteiger partial charge in [-0.1, -0.05) is 34.7 Å². The molecule has 1 saturated heterocycles. The highest BCUT2D eigenvalue weighted by Gasteiger charge is 2.34. The van der Waals surface area contributed by atoms with E-state index in [-0.39, 0.29) is 18.2 Å². The van der Waals surface area contributed by atoms with Gasteiger partial charge in [0, 0.05) is 16.6 Å². The number of non-ortho nitro benzene ring substituents is 1. The van der Waals surface area contributed by atoms with Gasteiger partial charge < -0.3 is 9.29 Å². The van der Waals surface area contributed by atoms with Crippen LogP contribution in [0.2, 0.25) is 0 Å². The summed E-state index contributed by atoms with van der Waals surface area (Å²) < 4.78 is 61.4. The van der Waals surface area contributed by atoms with Crippen molar-refractivity contribution in [1.29, 1.82) is 0 Å². The van der Waals surface area contributed by atoms with E-state index in [2.05, 4.69) is 22.6 Å². The van der Waals surface area contributed by atoms with Crippen molar-refractivity contribution in [2.45, 2.75) is 29.8 Å². The lowest BCUT2D eigenvalue weighted by Crippen LogP contribution is -2.26. The van der Waals surface area contributed by atoms with Crippen LogP contribution in [0.1, 0.15) is 24.3 Å². The zero-order chi connectivity index (χ0) is 25.6. The lowest BCUT2D eigenvalue weighted by atomic mass is 9.93. The largest absolute Gasteiger partial charge is 0.799 e. The van der Waals surface area contributed by atoms with Crippen molar-refractivity contribution in [3.8, 4) is 0 Å². The van der Waals surface area contributed by atoms with Gasteiger partial charge in [0.2, 0.25) is 0 Å². The van der Waals surface area contributed by atoms with Crippen molar-refractivity contribution in [2.24, 2.45) is 0 Å². The molecule has 3 rings (SSSR count). The fourth-order valence-electron chi connectivity index (χ4n) is 3.60. The van der Waals surface area contributed by atoms with E-state index in [9.17, 15) is 32.3 Å². The van der Waals surface area contributed by atoms with E-state index < -0.39 is 50.2 Å². The van der Waals surface area contributed by atoms with Gasteiger partial charge in [0.15, 0.2) is 0 Å². The summed E-state index contributed by atoms with van der Waals surface area (Å²) >= 11 is 2.65. The topological polar surface area (TPSA) is 139 Å². The van der Waals surface area contributed by atoms with E-state index in [1.807, 2.05) is 0 Å². The second-order valence-electron chi connectivity index (χ2n) is 7.60. The third kappa shape index (κ3) is 7.03. The van der Waals surface area contributed by atoms with Crippen LogP contribution in [-0.2, 0) is 19.0 Å². The second-order valence-corrected chi connectivity index (χ2v) is 10.9. The van der Waals surface area contributed by atoms with Crippen molar-refractivity contribution in [3.63, 3.8) is 0 Å². The number of ether oxygens (including phenoxy) is 1. The van der Waals surface area contributed by atoms with Crippen molar-refractivity contribution in [1.82, 2.24) is 0 Å². The maximum absolute atomic E-state index is 14.9. The third-order valence-corrected chi connectivity index (χ3v) is 7.65. The molecule has 2 aromatic rings. The number of halogens is 2. The van der Waals surface area contributed by atoms with E-state index in [0.29, 0.717) is 36.2 Å². The van der Waals surface area contributed by atoms with Gasteiger partial charge in [-0.25, -0.2) is 9.18 Å². The Morgan fingerprint density at radius 2 is 2.06 bits per heavy atom. The molecule has 14 heteroatoms. The van der Waals surface area contributed by atoms with Gasteiger partial charge in [0.25, 0.3) is 15.8 Å². The van der Waals surface area contributed by atoms with E-state index in [4.69, 9.17) is 8.92 Å². The second kappa shape index (κ2) is 12.3. The summed E-state index contributed by atoms with van der Waals surface area (Å²) in [6.45, 7) is -0.593. The number of cyclic esters (lactones) is 1. The SMILES string of the molecule is O=C1OC(COS(=O)(=O)c2cccc([N+](=O)[O-])c2)CN1c1ccc(C(CCI)CCS[O-])c(F)c1. The molecule has 1 heterocycles. The number of nitro groups is 1.